The molecule has 2 aromatic rings. The summed E-state index contributed by atoms with van der Waals surface area (Å²) in [5, 5.41) is 0. The highest BCUT2D eigenvalue weighted by Crippen LogP contribution is 2.19. The molecule has 1 heterocycles. The first-order valence-electron chi connectivity index (χ1n) is 5.36. The number of thioether (sulfide) groups is 1. The van der Waals surface area contributed by atoms with Crippen molar-refractivity contribution in [2.24, 2.45) is 5.84 Å². The third-order valence-electron chi connectivity index (χ3n) is 2.30. The van der Waals surface area contributed by atoms with Gasteiger partial charge in [0.25, 0.3) is 0 Å². The molecule has 2 rings (SSSR count). The molecule has 94 valence electrons. The smallest absolute Gasteiger partial charge is 0.158 e. The molecule has 5 nitrogen and oxygen atoms in total. The van der Waals surface area contributed by atoms with E-state index in [-0.39, 0.29) is 0 Å². The Balaban J connectivity index is 1.93. The summed E-state index contributed by atoms with van der Waals surface area (Å²) < 4.78 is 5.60. The van der Waals surface area contributed by atoms with Crippen LogP contribution in [-0.4, -0.2) is 16.2 Å². The maximum Gasteiger partial charge on any atom is 0.158 e. The molecule has 0 radical (unpaired) electrons. The van der Waals surface area contributed by atoms with Crippen molar-refractivity contribution in [2.45, 2.75) is 11.5 Å². The van der Waals surface area contributed by atoms with Crippen LogP contribution >= 0.6 is 11.8 Å². The minimum Gasteiger partial charge on any atom is -0.487 e. The second kappa shape index (κ2) is 6.23. The summed E-state index contributed by atoms with van der Waals surface area (Å²) in [4.78, 5) is 9.43. The second-order valence-electron chi connectivity index (χ2n) is 3.50. The number of ether oxygens (including phenoxy) is 1. The van der Waals surface area contributed by atoms with Crippen molar-refractivity contribution in [1.82, 2.24) is 9.97 Å². The first-order valence-corrected chi connectivity index (χ1v) is 6.58. The van der Waals surface area contributed by atoms with Gasteiger partial charge >= 0.3 is 0 Å². The number of nitrogen functional groups attached to an aromatic ring is 1. The fourth-order valence-electron chi connectivity index (χ4n) is 1.33. The van der Waals surface area contributed by atoms with E-state index >= 15 is 0 Å². The lowest BCUT2D eigenvalue weighted by Crippen LogP contribution is -2.09. The van der Waals surface area contributed by atoms with Crippen LogP contribution in [0.2, 0.25) is 0 Å². The minimum absolute atomic E-state index is 0.385. The Kier molecular flexibility index (Phi) is 4.38. The average Bonchev–Trinajstić information content (AvgIpc) is 2.46. The lowest BCUT2D eigenvalue weighted by molar-refractivity contribution is 0.300. The fourth-order valence-corrected chi connectivity index (χ4v) is 1.74. The Hall–Kier alpha value is -1.79. The molecule has 0 spiro atoms. The van der Waals surface area contributed by atoms with Crippen LogP contribution < -0.4 is 16.0 Å². The van der Waals surface area contributed by atoms with Crippen molar-refractivity contribution in [3.05, 3.63) is 42.4 Å². The predicted molar refractivity (Wildman–Crippen MR) is 72.4 cm³/mol. The van der Waals surface area contributed by atoms with Crippen LogP contribution in [0.4, 0.5) is 5.82 Å². The van der Waals surface area contributed by atoms with Crippen LogP contribution in [0.3, 0.4) is 0 Å². The summed E-state index contributed by atoms with van der Waals surface area (Å²) in [5.74, 6) is 6.55. The van der Waals surface area contributed by atoms with Crippen molar-refractivity contribution in [3.8, 4) is 5.75 Å². The second-order valence-corrected chi connectivity index (χ2v) is 4.38. The molecule has 0 bridgehead atoms. The van der Waals surface area contributed by atoms with Crippen LogP contribution in [0.15, 0.2) is 41.6 Å². The Labute approximate surface area is 110 Å². The van der Waals surface area contributed by atoms with Gasteiger partial charge in [-0.3, -0.25) is 4.98 Å². The molecule has 0 aliphatic rings. The van der Waals surface area contributed by atoms with Crippen molar-refractivity contribution >= 4 is 17.6 Å². The zero-order valence-electron chi connectivity index (χ0n) is 9.96. The third kappa shape index (κ3) is 3.35. The van der Waals surface area contributed by atoms with Crippen LogP contribution in [0, 0.1) is 0 Å². The molecule has 0 aliphatic heterocycles. The van der Waals surface area contributed by atoms with E-state index in [0.29, 0.717) is 12.4 Å². The van der Waals surface area contributed by atoms with Crippen molar-refractivity contribution in [2.75, 3.05) is 11.7 Å². The molecule has 0 atom stereocenters. The van der Waals surface area contributed by atoms with Crippen LogP contribution in [-0.2, 0) is 6.61 Å². The number of hydrogen-bond donors (Lipinski definition) is 2. The van der Waals surface area contributed by atoms with Gasteiger partial charge in [0.2, 0.25) is 0 Å². The van der Waals surface area contributed by atoms with Crippen LogP contribution in [0.5, 0.6) is 5.75 Å². The van der Waals surface area contributed by atoms with E-state index in [9.17, 15) is 0 Å². The highest BCUT2D eigenvalue weighted by Gasteiger charge is 1.99. The van der Waals surface area contributed by atoms with E-state index in [4.69, 9.17) is 10.6 Å². The number of nitrogens with two attached hydrogens (primary N) is 1. The monoisotopic (exact) mass is 262 g/mol. The highest BCUT2D eigenvalue weighted by atomic mass is 32.2. The molecule has 1 aromatic heterocycles. The van der Waals surface area contributed by atoms with Gasteiger partial charge in [0.15, 0.2) is 5.82 Å². The van der Waals surface area contributed by atoms with Crippen molar-refractivity contribution in [3.63, 3.8) is 0 Å². The van der Waals surface area contributed by atoms with Crippen molar-refractivity contribution < 1.29 is 4.74 Å². The van der Waals surface area contributed by atoms with Gasteiger partial charge in [-0.05, 0) is 30.5 Å². The first-order chi connectivity index (χ1) is 8.81. The Morgan fingerprint density at radius 3 is 2.56 bits per heavy atom. The Morgan fingerprint density at radius 2 is 2.00 bits per heavy atom. The van der Waals surface area contributed by atoms with E-state index in [2.05, 4.69) is 15.4 Å². The number of hydrazine groups is 1. The van der Waals surface area contributed by atoms with Gasteiger partial charge in [-0.2, -0.15) is 0 Å². The number of rotatable bonds is 5. The van der Waals surface area contributed by atoms with Gasteiger partial charge < -0.3 is 10.2 Å². The number of aromatic nitrogens is 2. The number of benzene rings is 1. The van der Waals surface area contributed by atoms with Gasteiger partial charge in [0, 0.05) is 4.90 Å². The Bertz CT molecular complexity index is 439. The van der Waals surface area contributed by atoms with Gasteiger partial charge in [-0.25, -0.2) is 10.8 Å². The van der Waals surface area contributed by atoms with E-state index in [0.717, 1.165) is 11.4 Å². The topological polar surface area (TPSA) is 73.1 Å². The maximum absolute atomic E-state index is 5.60. The lowest BCUT2D eigenvalue weighted by Gasteiger charge is -2.06. The zero-order chi connectivity index (χ0) is 12.8. The fraction of sp³-hybridized carbons (Fsp3) is 0.167. The van der Waals surface area contributed by atoms with Gasteiger partial charge in [0.05, 0.1) is 18.1 Å². The molecule has 3 N–H and O–H groups in total. The van der Waals surface area contributed by atoms with Crippen molar-refractivity contribution in [1.29, 1.82) is 0 Å². The van der Waals surface area contributed by atoms with E-state index in [1.807, 2.05) is 30.5 Å². The minimum atomic E-state index is 0.385. The SMILES string of the molecule is CSc1ccc(OCc2cnc(NN)cn2)cc1. The van der Waals surface area contributed by atoms with E-state index < -0.39 is 0 Å². The molecule has 0 saturated carbocycles. The molecule has 1 aromatic carbocycles. The summed E-state index contributed by atoms with van der Waals surface area (Å²) >= 11 is 1.70. The molecule has 0 amide bonds. The van der Waals surface area contributed by atoms with E-state index in [1.165, 1.54) is 4.90 Å². The zero-order valence-corrected chi connectivity index (χ0v) is 10.8. The van der Waals surface area contributed by atoms with Crippen LogP contribution in [0.25, 0.3) is 0 Å². The molecule has 0 unspecified atom stereocenters. The maximum atomic E-state index is 5.60. The standard InChI is InChI=1S/C12H14N4OS/c1-18-11-4-2-10(3-5-11)17-8-9-6-15-12(16-13)7-14-9/h2-7H,8,13H2,1H3,(H,15,16). The Morgan fingerprint density at radius 1 is 1.22 bits per heavy atom. The summed E-state index contributed by atoms with van der Waals surface area (Å²) in [6, 6.07) is 7.92. The van der Waals surface area contributed by atoms with Crippen LogP contribution in [0.1, 0.15) is 5.69 Å². The van der Waals surface area contributed by atoms with Gasteiger partial charge in [-0.1, -0.05) is 0 Å². The number of nitrogens with one attached hydrogen (secondary N) is 1. The van der Waals surface area contributed by atoms with Gasteiger partial charge in [-0.15, -0.1) is 11.8 Å². The average molecular weight is 262 g/mol. The predicted octanol–water partition coefficient (Wildman–Crippen LogP) is 2.06. The van der Waals surface area contributed by atoms with E-state index in [1.54, 1.807) is 24.2 Å². The lowest BCUT2D eigenvalue weighted by atomic mass is 10.3. The molecular formula is C12H14N4OS. The quantitative estimate of drug-likeness (QED) is 0.488. The summed E-state index contributed by atoms with van der Waals surface area (Å²) in [6.07, 6.45) is 5.24. The summed E-state index contributed by atoms with van der Waals surface area (Å²) in [7, 11) is 0. The number of nitrogens with zero attached hydrogens (tertiary/aromatic N) is 2. The third-order valence-corrected chi connectivity index (χ3v) is 3.04. The molecular weight excluding hydrogens is 248 g/mol. The normalized spacial score (nSPS) is 10.1. The first kappa shape index (κ1) is 12.7. The van der Waals surface area contributed by atoms with Gasteiger partial charge in [0.1, 0.15) is 12.4 Å². The molecule has 18 heavy (non-hydrogen) atoms. The summed E-state index contributed by atoms with van der Waals surface area (Å²) in [5.41, 5.74) is 3.18. The summed E-state index contributed by atoms with van der Waals surface area (Å²) in [6.45, 7) is 0.385. The number of hydrogen-bond acceptors (Lipinski definition) is 6. The molecule has 6 heteroatoms. The molecule has 0 aliphatic carbocycles. The largest absolute Gasteiger partial charge is 0.487 e. The number of anilines is 1. The molecule has 0 saturated heterocycles. The highest BCUT2D eigenvalue weighted by molar-refractivity contribution is 7.98. The molecule has 0 fully saturated rings.